The van der Waals surface area contributed by atoms with Crippen LogP contribution in [0, 0.1) is 23.7 Å². The maximum Gasteiger partial charge on any atom is 0.478 e. The Hall–Kier alpha value is -1.68. The number of fused-ring (bicyclic) bond motifs is 1. The van der Waals surface area contributed by atoms with E-state index in [0.29, 0.717) is 23.3 Å². The molecule has 5 rings (SSSR count). The zero-order valence-electron chi connectivity index (χ0n) is 15.6. The molecule has 2 bridgehead atoms. The van der Waals surface area contributed by atoms with E-state index in [-0.39, 0.29) is 23.7 Å². The van der Waals surface area contributed by atoms with Crippen LogP contribution in [0.2, 0.25) is 0 Å². The third kappa shape index (κ3) is 3.44. The molecule has 4 aliphatic carbocycles. The Kier molecular flexibility index (Phi) is 5.12. The van der Waals surface area contributed by atoms with Gasteiger partial charge in [0.2, 0.25) is 4.79 Å². The predicted octanol–water partition coefficient (Wildman–Crippen LogP) is 4.55. The van der Waals surface area contributed by atoms with Crippen molar-refractivity contribution in [3.63, 3.8) is 0 Å². The van der Waals surface area contributed by atoms with Crippen LogP contribution >= 0.6 is 0 Å². The molecule has 0 spiro atoms. The molecule has 1 unspecified atom stereocenters. The van der Waals surface area contributed by atoms with Crippen LogP contribution < -0.4 is 5.48 Å². The number of hydrogen-bond acceptors (Lipinski definition) is 4. The summed E-state index contributed by atoms with van der Waals surface area (Å²) in [6.45, 7) is 2.08. The number of nitrogens with one attached hydrogen (secondary N) is 1. The first-order valence-corrected chi connectivity index (χ1v) is 10.2. The van der Waals surface area contributed by atoms with Gasteiger partial charge >= 0.3 is 11.8 Å². The number of carbonyl (C=O) groups excluding carboxylic acids is 2. The average molecular weight is 355 g/mol. The van der Waals surface area contributed by atoms with E-state index in [1.807, 2.05) is 0 Å². The minimum atomic E-state index is -0.379. The quantitative estimate of drug-likeness (QED) is 0.462. The summed E-state index contributed by atoms with van der Waals surface area (Å²) in [6.07, 6.45) is 9.89. The van der Waals surface area contributed by atoms with Crippen LogP contribution in [-0.4, -0.2) is 17.8 Å². The Labute approximate surface area is 155 Å². The molecule has 0 amide bonds. The predicted molar refractivity (Wildman–Crippen MR) is 99.7 cm³/mol. The van der Waals surface area contributed by atoms with E-state index in [4.69, 9.17) is 4.84 Å². The summed E-state index contributed by atoms with van der Waals surface area (Å²) in [4.78, 5) is 30.2. The number of hydrogen-bond donors (Lipinski definition) is 1. The maximum absolute atomic E-state index is 12.6. The second-order valence-corrected chi connectivity index (χ2v) is 8.49. The van der Waals surface area contributed by atoms with Gasteiger partial charge < -0.3 is 4.84 Å². The number of rotatable bonds is 6. The Morgan fingerprint density at radius 1 is 1.04 bits per heavy atom. The Bertz CT molecular complexity index is 648. The Morgan fingerprint density at radius 2 is 1.65 bits per heavy atom. The van der Waals surface area contributed by atoms with E-state index in [1.165, 1.54) is 51.4 Å². The van der Waals surface area contributed by atoms with E-state index < -0.39 is 0 Å². The summed E-state index contributed by atoms with van der Waals surface area (Å²) < 4.78 is 0. The summed E-state index contributed by atoms with van der Waals surface area (Å²) in [6, 6.07) is 7.16. The van der Waals surface area contributed by atoms with Gasteiger partial charge in [0.05, 0.1) is 17.0 Å². The van der Waals surface area contributed by atoms with Crippen molar-refractivity contribution in [2.75, 3.05) is 0 Å². The summed E-state index contributed by atoms with van der Waals surface area (Å²) in [5.41, 5.74) is 4.14. The van der Waals surface area contributed by atoms with Gasteiger partial charge in [-0.1, -0.05) is 19.3 Å². The topological polar surface area (TPSA) is 58.2 Å². The molecule has 0 aliphatic heterocycles. The molecule has 4 atom stereocenters. The number of Topliss-reactive ketones (excluding diaryl/α,β-unsaturated/α-hetero) is 1. The largest absolute Gasteiger partial charge is 0.478 e. The standard InChI is InChI=1S/C22H29NO3/c1-14(15-5-3-2-4-6-15)23-26-22(25)17-9-7-16(8-10-17)21(24)20-18-11-12-19(20)13-18/h7-10,14-15,18-20,23H,2-6,11-13H2,1H3/q+1/t14-,18-,19+,20?/m1/s1. The lowest BCUT2D eigenvalue weighted by molar-refractivity contribution is 0.00825. The van der Waals surface area contributed by atoms with Crippen molar-refractivity contribution in [1.82, 2.24) is 5.48 Å². The average Bonchev–Trinajstić information content (AvgIpc) is 3.32. The fourth-order valence-electron chi connectivity index (χ4n) is 5.22. The highest BCUT2D eigenvalue weighted by molar-refractivity contribution is 6.00. The molecule has 1 aromatic carbocycles. The first-order chi connectivity index (χ1) is 12.6. The van der Waals surface area contributed by atoms with Gasteiger partial charge in [0.15, 0.2) is 0 Å². The van der Waals surface area contributed by atoms with E-state index in [9.17, 15) is 9.59 Å². The molecule has 0 heterocycles. The monoisotopic (exact) mass is 355 g/mol. The van der Waals surface area contributed by atoms with Gasteiger partial charge in [-0.2, -0.15) is 0 Å². The van der Waals surface area contributed by atoms with Crippen molar-refractivity contribution in [3.8, 4) is 0 Å². The first-order valence-electron chi connectivity index (χ1n) is 10.2. The molecule has 1 radical (unpaired) electrons. The highest BCUT2D eigenvalue weighted by Gasteiger charge is 2.56. The molecule has 4 fully saturated rings. The molecular weight excluding hydrogens is 326 g/mol. The lowest BCUT2D eigenvalue weighted by Crippen LogP contribution is -2.36. The molecule has 0 aromatic heterocycles. The second-order valence-electron chi connectivity index (χ2n) is 8.49. The van der Waals surface area contributed by atoms with E-state index in [2.05, 4.69) is 12.4 Å². The van der Waals surface area contributed by atoms with Crippen LogP contribution in [0.25, 0.3) is 0 Å². The van der Waals surface area contributed by atoms with Crippen LogP contribution in [0.15, 0.2) is 24.3 Å². The van der Waals surface area contributed by atoms with Crippen LogP contribution in [0.5, 0.6) is 0 Å². The molecule has 0 saturated heterocycles. The summed E-state index contributed by atoms with van der Waals surface area (Å²) in [7, 11) is 0. The first kappa shape index (κ1) is 17.7. The molecule has 1 aromatic rings. The molecule has 139 valence electrons. The van der Waals surface area contributed by atoms with Gasteiger partial charge in [0.1, 0.15) is 0 Å². The van der Waals surface area contributed by atoms with Gasteiger partial charge in [0.25, 0.3) is 0 Å². The van der Waals surface area contributed by atoms with Crippen molar-refractivity contribution in [2.45, 2.75) is 64.3 Å². The minimum Gasteiger partial charge on any atom is -0.366 e. The third-order valence-electron chi connectivity index (χ3n) is 6.93. The van der Waals surface area contributed by atoms with Gasteiger partial charge in [-0.25, -0.2) is 4.79 Å². The molecule has 1 N–H and O–H groups in total. The third-order valence-corrected chi connectivity index (χ3v) is 6.93. The van der Waals surface area contributed by atoms with Crippen molar-refractivity contribution >= 4 is 11.8 Å². The zero-order valence-corrected chi connectivity index (χ0v) is 15.6. The second kappa shape index (κ2) is 7.51. The van der Waals surface area contributed by atoms with E-state index >= 15 is 0 Å². The van der Waals surface area contributed by atoms with Gasteiger partial charge in [-0.3, -0.25) is 0 Å². The maximum atomic E-state index is 12.6. The number of carbonyl (C=O) groups is 2. The van der Waals surface area contributed by atoms with E-state index in [0.717, 1.165) is 5.56 Å². The van der Waals surface area contributed by atoms with Gasteiger partial charge in [-0.05, 0) is 81.0 Å². The number of benzene rings is 1. The Balaban J connectivity index is 1.30. The summed E-state index contributed by atoms with van der Waals surface area (Å²) in [5.74, 6) is 1.88. The van der Waals surface area contributed by atoms with Crippen LogP contribution in [0.3, 0.4) is 0 Å². The molecule has 4 heteroatoms. The lowest BCUT2D eigenvalue weighted by atomic mass is 9.69. The van der Waals surface area contributed by atoms with Gasteiger partial charge in [-0.15, -0.1) is 5.48 Å². The van der Waals surface area contributed by atoms with Crippen LogP contribution in [0.1, 0.15) is 79.0 Å². The number of hydroxylamine groups is 1. The highest BCUT2D eigenvalue weighted by atomic mass is 16.7. The highest BCUT2D eigenvalue weighted by Crippen LogP contribution is 2.54. The summed E-state index contributed by atoms with van der Waals surface area (Å²) in [5, 5.41) is 0. The molecular formula is C22H29NO3+. The van der Waals surface area contributed by atoms with Crippen molar-refractivity contribution in [2.24, 2.45) is 23.7 Å². The molecule has 4 aliphatic rings. The number of ketones is 1. The fourth-order valence-corrected chi connectivity index (χ4v) is 5.22. The molecule has 4 nitrogen and oxygen atoms in total. The fraction of sp³-hybridized carbons (Fsp3) is 0.636. The van der Waals surface area contributed by atoms with Crippen molar-refractivity contribution in [3.05, 3.63) is 35.4 Å². The lowest BCUT2D eigenvalue weighted by Gasteiger charge is -2.29. The summed E-state index contributed by atoms with van der Waals surface area (Å²) >= 11 is 0. The van der Waals surface area contributed by atoms with E-state index in [1.54, 1.807) is 24.3 Å². The molecule has 4 saturated carbocycles. The van der Waals surface area contributed by atoms with Crippen LogP contribution in [-0.2, 0) is 4.84 Å². The van der Waals surface area contributed by atoms with Gasteiger partial charge in [0, 0.05) is 6.04 Å². The Morgan fingerprint density at radius 3 is 2.27 bits per heavy atom. The van der Waals surface area contributed by atoms with Crippen LogP contribution in [0.4, 0.5) is 0 Å². The minimum absolute atomic E-state index is 0.175. The smallest absolute Gasteiger partial charge is 0.366 e. The normalized spacial score (nSPS) is 29.0. The van der Waals surface area contributed by atoms with Crippen molar-refractivity contribution < 1.29 is 14.4 Å². The zero-order chi connectivity index (χ0) is 18.1. The van der Waals surface area contributed by atoms with Crippen molar-refractivity contribution in [1.29, 1.82) is 0 Å². The molecule has 26 heavy (non-hydrogen) atoms. The SMILES string of the molecule is C[C@@H](NOC(=O)c1ccc(C(=[O+])C2[C@@H]3CC[C@H]2C3)cc1)C1CCCCC1.